The Morgan fingerprint density at radius 1 is 1.36 bits per heavy atom. The maximum atomic E-state index is 12.5. The van der Waals surface area contributed by atoms with Crippen LogP contribution in [0.4, 0.5) is 0 Å². The van der Waals surface area contributed by atoms with E-state index < -0.39 is 5.79 Å². The molecule has 5 heteroatoms. The van der Waals surface area contributed by atoms with Gasteiger partial charge in [0.2, 0.25) is 0 Å². The number of rotatable bonds is 5. The summed E-state index contributed by atoms with van der Waals surface area (Å²) in [5, 5.41) is 3.87. The first kappa shape index (κ1) is 15.1. The molecule has 0 atom stereocenters. The van der Waals surface area contributed by atoms with E-state index in [9.17, 15) is 4.79 Å². The Balaban J connectivity index is 1.74. The highest BCUT2D eigenvalue weighted by atomic mass is 16.7. The van der Waals surface area contributed by atoms with Gasteiger partial charge in [0.15, 0.2) is 5.79 Å². The van der Waals surface area contributed by atoms with Crippen molar-refractivity contribution in [3.63, 3.8) is 0 Å². The molecule has 0 bridgehead atoms. The largest absolute Gasteiger partial charge is 0.463 e. The van der Waals surface area contributed by atoms with Crippen LogP contribution in [0.3, 0.4) is 0 Å². The van der Waals surface area contributed by atoms with Crippen LogP contribution >= 0.6 is 0 Å². The molecule has 118 valence electrons. The first-order valence-corrected chi connectivity index (χ1v) is 7.52. The van der Waals surface area contributed by atoms with Crippen LogP contribution in [0.5, 0.6) is 0 Å². The van der Waals surface area contributed by atoms with E-state index in [4.69, 9.17) is 13.9 Å². The van der Waals surface area contributed by atoms with Gasteiger partial charge in [-0.05, 0) is 24.1 Å². The zero-order valence-corrected chi connectivity index (χ0v) is 13.1. The number of furan rings is 1. The molecule has 1 amide bonds. The third kappa shape index (κ3) is 2.51. The minimum atomic E-state index is -0.550. The summed E-state index contributed by atoms with van der Waals surface area (Å²) in [6.07, 6.45) is 3.76. The Kier molecular flexibility index (Phi) is 3.93. The number of aryl methyl sites for hydroxylation is 1. The number of benzene rings is 1. The Bertz CT molecular complexity index is 679. The monoisotopic (exact) mass is 303 g/mol. The molecular weight excluding hydrogens is 282 g/mol. The van der Waals surface area contributed by atoms with E-state index in [1.54, 1.807) is 14.2 Å². The van der Waals surface area contributed by atoms with E-state index >= 15 is 0 Å². The van der Waals surface area contributed by atoms with Crippen LogP contribution in [0.15, 0.2) is 28.9 Å². The summed E-state index contributed by atoms with van der Waals surface area (Å²) >= 11 is 0. The highest BCUT2D eigenvalue weighted by molar-refractivity contribution is 6.06. The molecule has 0 aliphatic heterocycles. The number of nitrogens with one attached hydrogen (secondary N) is 1. The molecular formula is C17H21NO4. The lowest BCUT2D eigenvalue weighted by Crippen LogP contribution is -2.57. The van der Waals surface area contributed by atoms with Gasteiger partial charge in [-0.3, -0.25) is 4.79 Å². The first-order valence-electron chi connectivity index (χ1n) is 7.52. The minimum Gasteiger partial charge on any atom is -0.463 e. The molecule has 1 fully saturated rings. The number of carbonyl (C=O) groups excluding carboxylic acids is 1. The normalized spacial score (nSPS) is 17.4. The molecule has 5 nitrogen and oxygen atoms in total. The van der Waals surface area contributed by atoms with Gasteiger partial charge in [-0.25, -0.2) is 0 Å². The molecule has 0 radical (unpaired) electrons. The lowest BCUT2D eigenvalue weighted by atomic mass is 9.84. The number of hydrogen-bond acceptors (Lipinski definition) is 4. The molecule has 2 aromatic rings. The van der Waals surface area contributed by atoms with Crippen molar-refractivity contribution < 1.29 is 18.7 Å². The van der Waals surface area contributed by atoms with Crippen molar-refractivity contribution in [2.75, 3.05) is 14.2 Å². The number of hydrogen-bond donors (Lipinski definition) is 1. The molecule has 3 rings (SSSR count). The number of carbonyl (C=O) groups is 1. The van der Waals surface area contributed by atoms with Crippen LogP contribution in [-0.2, 0) is 15.9 Å². The standard InChI is InChI=1S/C17H21NO4/c1-4-11-5-6-15-13(7-11)14(10-22-15)16(19)18-12-8-17(9-12,20-2)21-3/h5-7,10,12H,4,8-9H2,1-3H3,(H,18,19). The van der Waals surface area contributed by atoms with Crippen molar-refractivity contribution >= 4 is 16.9 Å². The van der Waals surface area contributed by atoms with Crippen molar-refractivity contribution in [3.8, 4) is 0 Å². The van der Waals surface area contributed by atoms with E-state index in [0.29, 0.717) is 18.4 Å². The second-order valence-corrected chi connectivity index (χ2v) is 5.73. The SMILES string of the molecule is CCc1ccc2occ(C(=O)NC3CC(OC)(OC)C3)c2c1. The number of ether oxygens (including phenoxy) is 2. The Hall–Kier alpha value is -1.85. The van der Waals surface area contributed by atoms with Gasteiger partial charge in [-0.1, -0.05) is 13.0 Å². The number of methoxy groups -OCH3 is 2. The van der Waals surface area contributed by atoms with Crippen LogP contribution in [0, 0.1) is 0 Å². The van der Waals surface area contributed by atoms with E-state index in [-0.39, 0.29) is 11.9 Å². The first-order chi connectivity index (χ1) is 10.6. The van der Waals surface area contributed by atoms with Gasteiger partial charge in [0, 0.05) is 38.5 Å². The molecule has 1 aromatic carbocycles. The molecule has 1 N–H and O–H groups in total. The van der Waals surface area contributed by atoms with Gasteiger partial charge in [-0.15, -0.1) is 0 Å². The molecule has 1 aliphatic carbocycles. The third-order valence-corrected chi connectivity index (χ3v) is 4.48. The summed E-state index contributed by atoms with van der Waals surface area (Å²) in [4.78, 5) is 12.5. The van der Waals surface area contributed by atoms with Crippen LogP contribution in [0.2, 0.25) is 0 Å². The fraction of sp³-hybridized carbons (Fsp3) is 0.471. The third-order valence-electron chi connectivity index (χ3n) is 4.48. The predicted molar refractivity (Wildman–Crippen MR) is 82.8 cm³/mol. The maximum absolute atomic E-state index is 12.5. The summed E-state index contributed by atoms with van der Waals surface area (Å²) in [6.45, 7) is 2.09. The van der Waals surface area contributed by atoms with Gasteiger partial charge in [0.25, 0.3) is 5.91 Å². The summed E-state index contributed by atoms with van der Waals surface area (Å²) in [7, 11) is 3.24. The molecule has 1 saturated carbocycles. The minimum absolute atomic E-state index is 0.0618. The summed E-state index contributed by atoms with van der Waals surface area (Å²) in [6, 6.07) is 6.01. The van der Waals surface area contributed by atoms with Gasteiger partial charge in [-0.2, -0.15) is 0 Å². The zero-order valence-electron chi connectivity index (χ0n) is 13.1. The summed E-state index contributed by atoms with van der Waals surface area (Å²) in [5.74, 6) is -0.663. The maximum Gasteiger partial charge on any atom is 0.255 e. The lowest BCUT2D eigenvalue weighted by molar-refractivity contribution is -0.258. The number of amides is 1. The topological polar surface area (TPSA) is 60.7 Å². The number of fused-ring (bicyclic) bond motifs is 1. The molecule has 1 aromatic heterocycles. The Morgan fingerprint density at radius 2 is 2.09 bits per heavy atom. The van der Waals surface area contributed by atoms with E-state index in [1.807, 2.05) is 18.2 Å². The highest BCUT2D eigenvalue weighted by Crippen LogP contribution is 2.36. The van der Waals surface area contributed by atoms with Gasteiger partial charge < -0.3 is 19.2 Å². The average molecular weight is 303 g/mol. The Labute approximate surface area is 129 Å². The van der Waals surface area contributed by atoms with E-state index in [0.717, 1.165) is 17.4 Å². The average Bonchev–Trinajstić information content (AvgIpc) is 2.93. The predicted octanol–water partition coefficient (Wildman–Crippen LogP) is 2.88. The summed E-state index contributed by atoms with van der Waals surface area (Å²) < 4.78 is 16.1. The molecule has 0 unspecified atom stereocenters. The van der Waals surface area contributed by atoms with Crippen LogP contribution in [-0.4, -0.2) is 32.0 Å². The molecule has 0 spiro atoms. The van der Waals surface area contributed by atoms with E-state index in [2.05, 4.69) is 12.2 Å². The van der Waals surface area contributed by atoms with Crippen molar-refractivity contribution in [1.29, 1.82) is 0 Å². The lowest BCUT2D eigenvalue weighted by Gasteiger charge is -2.45. The van der Waals surface area contributed by atoms with E-state index in [1.165, 1.54) is 11.8 Å². The highest BCUT2D eigenvalue weighted by Gasteiger charge is 2.45. The van der Waals surface area contributed by atoms with Crippen LogP contribution < -0.4 is 5.32 Å². The molecule has 0 saturated heterocycles. The molecule has 22 heavy (non-hydrogen) atoms. The van der Waals surface area contributed by atoms with Gasteiger partial charge in [0.1, 0.15) is 11.8 Å². The Morgan fingerprint density at radius 3 is 2.73 bits per heavy atom. The second kappa shape index (κ2) is 5.74. The van der Waals surface area contributed by atoms with Crippen molar-refractivity contribution in [3.05, 3.63) is 35.6 Å². The summed E-state index contributed by atoms with van der Waals surface area (Å²) in [5.41, 5.74) is 2.50. The van der Waals surface area contributed by atoms with Crippen molar-refractivity contribution in [2.24, 2.45) is 0 Å². The molecule has 1 heterocycles. The van der Waals surface area contributed by atoms with Crippen LogP contribution in [0.1, 0.15) is 35.7 Å². The fourth-order valence-corrected chi connectivity index (χ4v) is 2.94. The molecule has 1 aliphatic rings. The van der Waals surface area contributed by atoms with Crippen molar-refractivity contribution in [2.45, 2.75) is 38.0 Å². The second-order valence-electron chi connectivity index (χ2n) is 5.73. The zero-order chi connectivity index (χ0) is 15.7. The van der Waals surface area contributed by atoms with Crippen molar-refractivity contribution in [1.82, 2.24) is 5.32 Å². The van der Waals surface area contributed by atoms with Gasteiger partial charge >= 0.3 is 0 Å². The van der Waals surface area contributed by atoms with Gasteiger partial charge in [0.05, 0.1) is 5.56 Å². The van der Waals surface area contributed by atoms with Crippen LogP contribution in [0.25, 0.3) is 11.0 Å². The smallest absolute Gasteiger partial charge is 0.255 e. The fourth-order valence-electron chi connectivity index (χ4n) is 2.94. The quantitative estimate of drug-likeness (QED) is 0.863.